The Bertz CT molecular complexity index is 556. The zero-order valence-electron chi connectivity index (χ0n) is 11.7. The maximum Gasteiger partial charge on any atom is 0.311 e. The first-order valence-electron chi connectivity index (χ1n) is 6.66. The summed E-state index contributed by atoms with van der Waals surface area (Å²) in [4.78, 5) is 27.6. The summed E-state index contributed by atoms with van der Waals surface area (Å²) in [5.74, 6) is -1.33. The molecule has 0 unspecified atom stereocenters. The number of hydrogen-bond donors (Lipinski definition) is 2. The van der Waals surface area contributed by atoms with E-state index in [0.29, 0.717) is 36.8 Å². The van der Waals surface area contributed by atoms with Gasteiger partial charge in [-0.15, -0.1) is 0 Å². The first-order chi connectivity index (χ1) is 9.94. The predicted molar refractivity (Wildman–Crippen MR) is 76.4 cm³/mol. The van der Waals surface area contributed by atoms with E-state index in [2.05, 4.69) is 10.3 Å². The average Bonchev–Trinajstić information content (AvgIpc) is 2.45. The lowest BCUT2D eigenvalue weighted by Crippen LogP contribution is -2.46. The number of aryl methyl sites for hydroxylation is 1. The Labute approximate surface area is 127 Å². The summed E-state index contributed by atoms with van der Waals surface area (Å²) in [5.41, 5.74) is -0.0174. The lowest BCUT2D eigenvalue weighted by Gasteiger charge is -2.33. The van der Waals surface area contributed by atoms with Crippen molar-refractivity contribution < 1.29 is 19.4 Å². The Balaban J connectivity index is 2.07. The maximum atomic E-state index is 12.1. The first kappa shape index (κ1) is 15.7. The highest BCUT2D eigenvalue weighted by molar-refractivity contribution is 6.33. The molecule has 2 heterocycles. The van der Waals surface area contributed by atoms with E-state index in [-0.39, 0.29) is 12.1 Å². The first-order valence-corrected chi connectivity index (χ1v) is 7.04. The number of carbonyl (C=O) groups is 2. The van der Waals surface area contributed by atoms with Crippen LogP contribution in [0.3, 0.4) is 0 Å². The fourth-order valence-electron chi connectivity index (χ4n) is 2.27. The number of carbonyl (C=O) groups excluding carboxylic acids is 1. The number of halogens is 1. The molecule has 1 aromatic rings. The van der Waals surface area contributed by atoms with Gasteiger partial charge in [-0.2, -0.15) is 0 Å². The SMILES string of the molecule is Cc1cc(Cl)c(C(=O)NCC2(C(=O)O)CCOCC2)cn1. The Morgan fingerprint density at radius 3 is 2.71 bits per heavy atom. The van der Waals surface area contributed by atoms with E-state index in [4.69, 9.17) is 16.3 Å². The molecule has 0 aliphatic carbocycles. The summed E-state index contributed by atoms with van der Waals surface area (Å²) in [6.45, 7) is 2.59. The summed E-state index contributed by atoms with van der Waals surface area (Å²) in [6, 6.07) is 1.60. The van der Waals surface area contributed by atoms with Crippen molar-refractivity contribution in [1.82, 2.24) is 10.3 Å². The van der Waals surface area contributed by atoms with Crippen LogP contribution in [0.1, 0.15) is 28.9 Å². The van der Waals surface area contributed by atoms with Crippen LogP contribution in [-0.4, -0.2) is 41.7 Å². The van der Waals surface area contributed by atoms with E-state index in [1.807, 2.05) is 0 Å². The summed E-state index contributed by atoms with van der Waals surface area (Å²) in [5, 5.41) is 12.4. The van der Waals surface area contributed by atoms with E-state index in [1.54, 1.807) is 13.0 Å². The number of aromatic nitrogens is 1. The van der Waals surface area contributed by atoms with Crippen LogP contribution in [0.5, 0.6) is 0 Å². The standard InChI is InChI=1S/C14H17ClN2O4/c1-9-6-11(15)10(7-16-9)12(18)17-8-14(13(19)20)2-4-21-5-3-14/h6-7H,2-5,8H2,1H3,(H,17,18)(H,19,20). The normalized spacial score (nSPS) is 17.2. The molecule has 0 aromatic carbocycles. The molecule has 6 nitrogen and oxygen atoms in total. The molecule has 1 aliphatic rings. The summed E-state index contributed by atoms with van der Waals surface area (Å²) in [7, 11) is 0. The number of ether oxygens (including phenoxy) is 1. The minimum absolute atomic E-state index is 0.0503. The minimum atomic E-state index is -0.974. The summed E-state index contributed by atoms with van der Waals surface area (Å²) < 4.78 is 5.19. The van der Waals surface area contributed by atoms with Crippen molar-refractivity contribution in [2.75, 3.05) is 19.8 Å². The number of carboxylic acid groups (broad SMARTS) is 1. The number of carboxylic acids is 1. The second-order valence-electron chi connectivity index (χ2n) is 5.19. The van der Waals surface area contributed by atoms with Gasteiger partial charge in [-0.05, 0) is 25.8 Å². The third-order valence-corrected chi connectivity index (χ3v) is 4.04. The quantitative estimate of drug-likeness (QED) is 0.882. The molecule has 1 amide bonds. The molecule has 7 heteroatoms. The van der Waals surface area contributed by atoms with Crippen LogP contribution in [0.15, 0.2) is 12.3 Å². The molecule has 0 bridgehead atoms. The van der Waals surface area contributed by atoms with Crippen molar-refractivity contribution in [3.05, 3.63) is 28.5 Å². The highest BCUT2D eigenvalue weighted by atomic mass is 35.5. The van der Waals surface area contributed by atoms with Gasteiger partial charge in [-0.25, -0.2) is 0 Å². The van der Waals surface area contributed by atoms with Crippen molar-refractivity contribution in [3.63, 3.8) is 0 Å². The van der Waals surface area contributed by atoms with Gasteiger partial charge in [0.05, 0.1) is 16.0 Å². The monoisotopic (exact) mass is 312 g/mol. The lowest BCUT2D eigenvalue weighted by atomic mass is 9.80. The van der Waals surface area contributed by atoms with Gasteiger partial charge in [-0.1, -0.05) is 11.6 Å². The van der Waals surface area contributed by atoms with Crippen molar-refractivity contribution in [3.8, 4) is 0 Å². The number of aliphatic carboxylic acids is 1. The van der Waals surface area contributed by atoms with Crippen LogP contribution < -0.4 is 5.32 Å². The van der Waals surface area contributed by atoms with E-state index < -0.39 is 17.3 Å². The van der Waals surface area contributed by atoms with Crippen LogP contribution in [0, 0.1) is 12.3 Å². The van der Waals surface area contributed by atoms with Crippen LogP contribution in [-0.2, 0) is 9.53 Å². The van der Waals surface area contributed by atoms with E-state index >= 15 is 0 Å². The van der Waals surface area contributed by atoms with Crippen LogP contribution >= 0.6 is 11.6 Å². The number of nitrogens with one attached hydrogen (secondary N) is 1. The number of amides is 1. The van der Waals surface area contributed by atoms with Gasteiger partial charge in [0.1, 0.15) is 0 Å². The molecule has 0 spiro atoms. The van der Waals surface area contributed by atoms with Crippen molar-refractivity contribution in [2.24, 2.45) is 5.41 Å². The highest BCUT2D eigenvalue weighted by Crippen LogP contribution is 2.30. The van der Waals surface area contributed by atoms with Crippen molar-refractivity contribution in [2.45, 2.75) is 19.8 Å². The number of rotatable bonds is 4. The Morgan fingerprint density at radius 1 is 1.48 bits per heavy atom. The van der Waals surface area contributed by atoms with Crippen molar-refractivity contribution in [1.29, 1.82) is 0 Å². The Hall–Kier alpha value is -1.66. The molecule has 1 aromatic heterocycles. The average molecular weight is 313 g/mol. The zero-order valence-corrected chi connectivity index (χ0v) is 12.4. The molecule has 0 radical (unpaired) electrons. The highest BCUT2D eigenvalue weighted by Gasteiger charge is 2.40. The number of pyridine rings is 1. The van der Waals surface area contributed by atoms with Gasteiger partial charge in [0.2, 0.25) is 0 Å². The molecule has 21 heavy (non-hydrogen) atoms. The van der Waals surface area contributed by atoms with Gasteiger partial charge in [-0.3, -0.25) is 14.6 Å². The molecular formula is C14H17ClN2O4. The number of hydrogen-bond acceptors (Lipinski definition) is 4. The smallest absolute Gasteiger partial charge is 0.311 e. The van der Waals surface area contributed by atoms with E-state index in [1.165, 1.54) is 6.20 Å². The second kappa shape index (κ2) is 6.41. The number of nitrogens with zero attached hydrogens (tertiary/aromatic N) is 1. The summed E-state index contributed by atoms with van der Waals surface area (Å²) >= 11 is 6.01. The molecule has 1 saturated heterocycles. The zero-order chi connectivity index (χ0) is 15.5. The molecule has 1 aliphatic heterocycles. The third kappa shape index (κ3) is 3.51. The predicted octanol–water partition coefficient (Wildman–Crippen LogP) is 1.65. The van der Waals surface area contributed by atoms with Gasteiger partial charge in [0.15, 0.2) is 0 Å². The topological polar surface area (TPSA) is 88.5 Å². The molecule has 0 saturated carbocycles. The van der Waals surface area contributed by atoms with Gasteiger partial charge < -0.3 is 15.2 Å². The molecule has 2 N–H and O–H groups in total. The molecule has 2 rings (SSSR count). The van der Waals surface area contributed by atoms with Crippen LogP contribution in [0.2, 0.25) is 5.02 Å². The fourth-order valence-corrected chi connectivity index (χ4v) is 2.56. The lowest BCUT2D eigenvalue weighted by molar-refractivity contribution is -0.154. The van der Waals surface area contributed by atoms with Gasteiger partial charge in [0, 0.05) is 31.6 Å². The third-order valence-electron chi connectivity index (χ3n) is 3.73. The Morgan fingerprint density at radius 2 is 2.14 bits per heavy atom. The van der Waals surface area contributed by atoms with Crippen LogP contribution in [0.25, 0.3) is 0 Å². The molecule has 0 atom stereocenters. The van der Waals surface area contributed by atoms with Gasteiger partial charge >= 0.3 is 5.97 Å². The fraction of sp³-hybridized carbons (Fsp3) is 0.500. The minimum Gasteiger partial charge on any atom is -0.481 e. The summed E-state index contributed by atoms with van der Waals surface area (Å²) in [6.07, 6.45) is 2.15. The second-order valence-corrected chi connectivity index (χ2v) is 5.59. The van der Waals surface area contributed by atoms with Crippen LogP contribution in [0.4, 0.5) is 0 Å². The van der Waals surface area contributed by atoms with E-state index in [0.717, 1.165) is 0 Å². The largest absolute Gasteiger partial charge is 0.481 e. The maximum absolute atomic E-state index is 12.1. The van der Waals surface area contributed by atoms with Gasteiger partial charge in [0.25, 0.3) is 5.91 Å². The molecular weight excluding hydrogens is 296 g/mol. The Kier molecular flexibility index (Phi) is 4.80. The molecule has 114 valence electrons. The molecule has 1 fully saturated rings. The van der Waals surface area contributed by atoms with E-state index in [9.17, 15) is 14.7 Å². The van der Waals surface area contributed by atoms with Crippen molar-refractivity contribution >= 4 is 23.5 Å².